The van der Waals surface area contributed by atoms with Crippen molar-refractivity contribution in [1.82, 2.24) is 19.9 Å². The molecule has 49 heavy (non-hydrogen) atoms. The highest BCUT2D eigenvalue weighted by Gasteiger charge is 2.37. The van der Waals surface area contributed by atoms with Crippen LogP contribution in [0.5, 0.6) is 5.88 Å². The standard InChI is InChI=1S/C33H41F4N7O4Si/c1-49(2,3)13-12-48-30-15-26(33(35,36)37)25(19-38-30)31(45)41-28-14-24(22-17-39-32(40-18-22)43-7-9-46-10-8-43)27(34)16-29(28)44-5-4-42-6-11-47-21-23(42)20-44/h14-19,23H,4-13,20-21H2,1-3H3,(H,41,45). The van der Waals surface area contributed by atoms with E-state index in [2.05, 4.69) is 44.8 Å². The maximum absolute atomic E-state index is 15.9. The number of pyridine rings is 1. The Morgan fingerprint density at radius 2 is 1.69 bits per heavy atom. The van der Waals surface area contributed by atoms with Gasteiger partial charge in [-0.1, -0.05) is 19.6 Å². The van der Waals surface area contributed by atoms with Crippen molar-refractivity contribution in [3.8, 4) is 17.0 Å². The molecule has 11 nitrogen and oxygen atoms in total. The van der Waals surface area contributed by atoms with E-state index >= 15 is 4.39 Å². The summed E-state index contributed by atoms with van der Waals surface area (Å²) in [6, 6.07) is 4.26. The number of rotatable bonds is 9. The van der Waals surface area contributed by atoms with Crippen LogP contribution in [0.4, 0.5) is 34.9 Å². The number of hydrogen-bond donors (Lipinski definition) is 1. The molecule has 1 atom stereocenters. The van der Waals surface area contributed by atoms with Crippen LogP contribution in [0, 0.1) is 5.82 Å². The topological polar surface area (TPSA) is 105 Å². The van der Waals surface area contributed by atoms with E-state index in [0.29, 0.717) is 76.4 Å². The zero-order chi connectivity index (χ0) is 34.8. The quantitative estimate of drug-likeness (QED) is 0.241. The molecule has 3 fully saturated rings. The first-order valence-electron chi connectivity index (χ1n) is 16.4. The van der Waals surface area contributed by atoms with Crippen LogP contribution in [-0.2, 0) is 15.7 Å². The number of halogens is 4. The smallest absolute Gasteiger partial charge is 0.417 e. The second-order valence-electron chi connectivity index (χ2n) is 13.6. The summed E-state index contributed by atoms with van der Waals surface area (Å²) >= 11 is 0. The van der Waals surface area contributed by atoms with E-state index in [0.717, 1.165) is 24.9 Å². The summed E-state index contributed by atoms with van der Waals surface area (Å²) in [6.45, 7) is 12.6. The third-order valence-electron chi connectivity index (χ3n) is 8.89. The highest BCUT2D eigenvalue weighted by atomic mass is 28.3. The number of anilines is 3. The number of aromatic nitrogens is 3. The molecule has 16 heteroatoms. The summed E-state index contributed by atoms with van der Waals surface area (Å²) in [5.41, 5.74) is -0.921. The fourth-order valence-electron chi connectivity index (χ4n) is 6.08. The fourth-order valence-corrected chi connectivity index (χ4v) is 6.79. The van der Waals surface area contributed by atoms with E-state index in [1.807, 2.05) is 9.80 Å². The Labute approximate surface area is 283 Å². The molecule has 6 rings (SSSR count). The molecule has 264 valence electrons. The zero-order valence-corrected chi connectivity index (χ0v) is 28.9. The molecule has 3 aliphatic heterocycles. The number of nitrogens with one attached hydrogen (secondary N) is 1. The number of benzene rings is 1. The van der Waals surface area contributed by atoms with Crippen molar-refractivity contribution in [2.24, 2.45) is 0 Å². The molecule has 2 aromatic heterocycles. The van der Waals surface area contributed by atoms with Crippen molar-refractivity contribution < 1.29 is 36.6 Å². The lowest BCUT2D eigenvalue weighted by Crippen LogP contribution is -2.58. The average molecular weight is 704 g/mol. The van der Waals surface area contributed by atoms with Gasteiger partial charge in [-0.25, -0.2) is 19.3 Å². The van der Waals surface area contributed by atoms with E-state index in [1.165, 1.54) is 24.5 Å². The largest absolute Gasteiger partial charge is 0.478 e. The van der Waals surface area contributed by atoms with Gasteiger partial charge in [0, 0.05) is 83.1 Å². The van der Waals surface area contributed by atoms with Gasteiger partial charge in [-0.3, -0.25) is 9.69 Å². The van der Waals surface area contributed by atoms with E-state index in [4.69, 9.17) is 14.2 Å². The molecule has 1 N–H and O–H groups in total. The summed E-state index contributed by atoms with van der Waals surface area (Å²) in [5, 5.41) is 2.66. The lowest BCUT2D eigenvalue weighted by molar-refractivity contribution is -0.138. The van der Waals surface area contributed by atoms with Crippen LogP contribution < -0.4 is 19.9 Å². The van der Waals surface area contributed by atoms with E-state index in [1.54, 1.807) is 0 Å². The molecule has 0 aliphatic carbocycles. The third kappa shape index (κ3) is 8.48. The van der Waals surface area contributed by atoms with Gasteiger partial charge in [0.1, 0.15) is 5.82 Å². The van der Waals surface area contributed by atoms with Crippen LogP contribution in [-0.4, -0.2) is 112 Å². The van der Waals surface area contributed by atoms with Gasteiger partial charge in [-0.05, 0) is 18.2 Å². The molecular weight excluding hydrogens is 662 g/mol. The third-order valence-corrected chi connectivity index (χ3v) is 10.6. The van der Waals surface area contributed by atoms with Gasteiger partial charge in [0.15, 0.2) is 0 Å². The fraction of sp³-hybridized carbons (Fsp3) is 0.515. The van der Waals surface area contributed by atoms with E-state index in [-0.39, 0.29) is 29.8 Å². The highest BCUT2D eigenvalue weighted by molar-refractivity contribution is 6.76. The number of ether oxygens (including phenoxy) is 3. The number of carbonyl (C=O) groups excluding carboxylic acids is 1. The first-order chi connectivity index (χ1) is 23.4. The van der Waals surface area contributed by atoms with Crippen molar-refractivity contribution in [2.45, 2.75) is 37.9 Å². The summed E-state index contributed by atoms with van der Waals surface area (Å²) in [6.07, 6.45) is -0.999. The lowest BCUT2D eigenvalue weighted by Gasteiger charge is -2.45. The SMILES string of the molecule is C[Si](C)(C)CCOc1cc(C(F)(F)F)c(C(=O)Nc2cc(-c3cnc(N4CCOCC4)nc3)c(F)cc2N2CCN3CCOCC3C2)cn1. The van der Waals surface area contributed by atoms with E-state index in [9.17, 15) is 18.0 Å². The minimum absolute atomic E-state index is 0.0458. The van der Waals surface area contributed by atoms with Gasteiger partial charge < -0.3 is 29.3 Å². The van der Waals surface area contributed by atoms with Crippen LogP contribution in [0.25, 0.3) is 11.1 Å². The first kappa shape index (κ1) is 35.0. The molecular formula is C33H41F4N7O4Si. The number of amides is 1. The van der Waals surface area contributed by atoms with Gasteiger partial charge >= 0.3 is 6.18 Å². The summed E-state index contributed by atoms with van der Waals surface area (Å²) < 4.78 is 75.5. The molecule has 0 spiro atoms. The molecule has 1 unspecified atom stereocenters. The summed E-state index contributed by atoms with van der Waals surface area (Å²) in [5.74, 6) is -1.36. The molecule has 5 heterocycles. The van der Waals surface area contributed by atoms with Gasteiger partial charge in [0.25, 0.3) is 5.91 Å². The number of alkyl halides is 3. The van der Waals surface area contributed by atoms with Crippen LogP contribution in [0.3, 0.4) is 0 Å². The number of morpholine rings is 2. The van der Waals surface area contributed by atoms with Crippen molar-refractivity contribution in [1.29, 1.82) is 0 Å². The molecule has 0 saturated carbocycles. The predicted molar refractivity (Wildman–Crippen MR) is 180 cm³/mol. The Hall–Kier alpha value is -3.86. The minimum Gasteiger partial charge on any atom is -0.478 e. The lowest BCUT2D eigenvalue weighted by atomic mass is 10.0. The first-order valence-corrected chi connectivity index (χ1v) is 20.1. The van der Waals surface area contributed by atoms with Gasteiger partial charge in [-0.15, -0.1) is 0 Å². The van der Waals surface area contributed by atoms with Gasteiger partial charge in [-0.2, -0.15) is 13.2 Å². The van der Waals surface area contributed by atoms with Crippen molar-refractivity contribution in [2.75, 3.05) is 87.4 Å². The average Bonchev–Trinajstić information content (AvgIpc) is 3.08. The Kier molecular flexibility index (Phi) is 10.4. The molecule has 3 aliphatic rings. The van der Waals surface area contributed by atoms with Crippen LogP contribution in [0.1, 0.15) is 15.9 Å². The number of nitrogens with zero attached hydrogens (tertiary/aromatic N) is 6. The van der Waals surface area contributed by atoms with Crippen LogP contribution in [0.2, 0.25) is 25.7 Å². The van der Waals surface area contributed by atoms with Gasteiger partial charge in [0.05, 0.1) is 61.6 Å². The van der Waals surface area contributed by atoms with Crippen LogP contribution >= 0.6 is 0 Å². The van der Waals surface area contributed by atoms with Crippen molar-refractivity contribution in [3.05, 3.63) is 53.7 Å². The zero-order valence-electron chi connectivity index (χ0n) is 27.9. The Morgan fingerprint density at radius 3 is 2.41 bits per heavy atom. The molecule has 3 aromatic rings. The number of fused-ring (bicyclic) bond motifs is 1. The highest BCUT2D eigenvalue weighted by Crippen LogP contribution is 2.38. The molecule has 0 radical (unpaired) electrons. The second kappa shape index (κ2) is 14.5. The second-order valence-corrected chi connectivity index (χ2v) is 19.2. The van der Waals surface area contributed by atoms with Crippen molar-refractivity contribution >= 4 is 31.3 Å². The Balaban J connectivity index is 1.32. The molecule has 0 bridgehead atoms. The number of hydrogen-bond acceptors (Lipinski definition) is 10. The number of piperazine rings is 1. The minimum atomic E-state index is -4.86. The van der Waals surface area contributed by atoms with E-state index < -0.39 is 37.1 Å². The van der Waals surface area contributed by atoms with Crippen molar-refractivity contribution in [3.63, 3.8) is 0 Å². The Morgan fingerprint density at radius 1 is 0.959 bits per heavy atom. The maximum Gasteiger partial charge on any atom is 0.417 e. The normalized spacial score (nSPS) is 19.0. The maximum atomic E-state index is 15.9. The molecule has 1 amide bonds. The monoisotopic (exact) mass is 703 g/mol. The van der Waals surface area contributed by atoms with Crippen LogP contribution in [0.15, 0.2) is 36.8 Å². The molecule has 1 aromatic carbocycles. The Bertz CT molecular complexity index is 1630. The summed E-state index contributed by atoms with van der Waals surface area (Å²) in [4.78, 5) is 32.8. The molecule has 3 saturated heterocycles. The predicted octanol–water partition coefficient (Wildman–Crippen LogP) is 5.02. The van der Waals surface area contributed by atoms with Gasteiger partial charge in [0.2, 0.25) is 11.8 Å². The number of carbonyl (C=O) groups is 1. The summed E-state index contributed by atoms with van der Waals surface area (Å²) in [7, 11) is -1.50.